The highest BCUT2D eigenvalue weighted by molar-refractivity contribution is 6.14. The van der Waals surface area contributed by atoms with Crippen molar-refractivity contribution < 1.29 is 0 Å². The third-order valence-electron chi connectivity index (χ3n) is 12.3. The summed E-state index contributed by atoms with van der Waals surface area (Å²) in [6, 6.07) is 81.0. The van der Waals surface area contributed by atoms with E-state index in [0.29, 0.717) is 28.6 Å². The Morgan fingerprint density at radius 1 is 0.288 bits per heavy atom. The molecule has 66 heavy (non-hydrogen) atoms. The van der Waals surface area contributed by atoms with Crippen molar-refractivity contribution in [2.75, 3.05) is 0 Å². The Labute approximate surface area is 382 Å². The highest BCUT2D eigenvalue weighted by Crippen LogP contribution is 2.40. The fourth-order valence-corrected chi connectivity index (χ4v) is 9.05. The maximum atomic E-state index is 11.0. The zero-order valence-electron chi connectivity index (χ0n) is 35.6. The van der Waals surface area contributed by atoms with Crippen molar-refractivity contribution in [3.05, 3.63) is 236 Å². The van der Waals surface area contributed by atoms with Gasteiger partial charge >= 0.3 is 0 Å². The van der Waals surface area contributed by atoms with Gasteiger partial charge in [-0.3, -0.25) is 0 Å². The minimum Gasteiger partial charge on any atom is -0.208 e. The topological polar surface area (TPSA) is 86.2 Å². The molecule has 0 N–H and O–H groups in total. The molecule has 0 amide bonds. The number of hydrogen-bond acceptors (Lipinski definition) is 5. The lowest BCUT2D eigenvalue weighted by molar-refractivity contribution is 1.07. The third-order valence-corrected chi connectivity index (χ3v) is 12.3. The van der Waals surface area contributed by atoms with Gasteiger partial charge in [0.15, 0.2) is 17.5 Å². The number of aromatic nitrogens is 3. The molecule has 0 aliphatic carbocycles. The van der Waals surface area contributed by atoms with Gasteiger partial charge in [0.05, 0.1) is 17.2 Å². The van der Waals surface area contributed by atoms with Crippen molar-refractivity contribution in [2.24, 2.45) is 0 Å². The molecular formula is C61H37N5. The smallest absolute Gasteiger partial charge is 0.164 e. The first kappa shape index (κ1) is 39.5. The molecule has 5 nitrogen and oxygen atoms in total. The predicted molar refractivity (Wildman–Crippen MR) is 268 cm³/mol. The van der Waals surface area contributed by atoms with Crippen LogP contribution in [-0.4, -0.2) is 15.0 Å². The molecule has 0 saturated heterocycles. The minimum atomic E-state index is 0.487. The van der Waals surface area contributed by atoms with Crippen LogP contribution >= 0.6 is 0 Å². The second-order valence-electron chi connectivity index (χ2n) is 16.1. The summed E-state index contributed by atoms with van der Waals surface area (Å²) in [5.41, 5.74) is 13.4. The molecule has 0 bridgehead atoms. The van der Waals surface area contributed by atoms with Crippen molar-refractivity contribution in [3.63, 3.8) is 0 Å². The molecule has 0 aliphatic rings. The molecule has 1 aromatic heterocycles. The van der Waals surface area contributed by atoms with E-state index in [2.05, 4.69) is 115 Å². The summed E-state index contributed by atoms with van der Waals surface area (Å²) in [5.74, 6) is 1.53. The van der Waals surface area contributed by atoms with Crippen LogP contribution in [0.2, 0.25) is 0 Å². The zero-order valence-corrected chi connectivity index (χ0v) is 35.6. The van der Waals surface area contributed by atoms with Crippen molar-refractivity contribution in [2.45, 2.75) is 0 Å². The summed E-state index contributed by atoms with van der Waals surface area (Å²) in [4.78, 5) is 15.3. The van der Waals surface area contributed by atoms with Crippen molar-refractivity contribution in [1.82, 2.24) is 15.0 Å². The van der Waals surface area contributed by atoms with Crippen LogP contribution in [0.25, 0.3) is 111 Å². The lowest BCUT2D eigenvalue weighted by Crippen LogP contribution is -2.02. The number of benzene rings is 10. The molecule has 0 fully saturated rings. The van der Waals surface area contributed by atoms with Crippen LogP contribution in [0.3, 0.4) is 0 Å². The molecule has 11 aromatic rings. The normalized spacial score (nSPS) is 11.0. The van der Waals surface area contributed by atoms with Gasteiger partial charge in [0.2, 0.25) is 0 Å². The van der Waals surface area contributed by atoms with E-state index in [1.165, 1.54) is 27.1 Å². The molecule has 11 rings (SSSR count). The fourth-order valence-electron chi connectivity index (χ4n) is 9.05. The van der Waals surface area contributed by atoms with Crippen LogP contribution in [-0.2, 0) is 0 Å². The number of nitriles is 2. The molecule has 0 atom stereocenters. The average Bonchev–Trinajstić information content (AvgIpc) is 3.40. The number of nitrogens with zero attached hydrogens (tertiary/aromatic N) is 5. The van der Waals surface area contributed by atoms with Gasteiger partial charge in [-0.2, -0.15) is 10.5 Å². The van der Waals surface area contributed by atoms with Crippen LogP contribution in [0, 0.1) is 22.7 Å². The Morgan fingerprint density at radius 3 is 1.55 bits per heavy atom. The lowest BCUT2D eigenvalue weighted by Gasteiger charge is -2.16. The van der Waals surface area contributed by atoms with Gasteiger partial charge in [-0.15, -0.1) is 0 Å². The van der Waals surface area contributed by atoms with E-state index in [1.807, 2.05) is 121 Å². The Kier molecular flexibility index (Phi) is 10.3. The Morgan fingerprint density at radius 2 is 0.788 bits per heavy atom. The molecular weight excluding hydrogens is 803 g/mol. The first-order valence-electron chi connectivity index (χ1n) is 21.8. The van der Waals surface area contributed by atoms with Crippen molar-refractivity contribution >= 4 is 21.5 Å². The van der Waals surface area contributed by atoms with E-state index in [4.69, 9.17) is 15.0 Å². The van der Waals surface area contributed by atoms with Crippen LogP contribution in [0.1, 0.15) is 11.1 Å². The van der Waals surface area contributed by atoms with Gasteiger partial charge in [-0.05, 0) is 84.3 Å². The maximum Gasteiger partial charge on any atom is 0.164 e. The Hall–Kier alpha value is -9.29. The summed E-state index contributed by atoms with van der Waals surface area (Å²) in [6.07, 6.45) is 0. The van der Waals surface area contributed by atoms with E-state index in [0.717, 1.165) is 66.8 Å². The predicted octanol–water partition coefficient (Wildman–Crippen LogP) is 15.3. The molecule has 1 heterocycles. The molecule has 306 valence electrons. The zero-order chi connectivity index (χ0) is 44.4. The Bertz CT molecular complexity index is 3710. The second kappa shape index (κ2) is 17.1. The molecule has 5 heteroatoms. The number of fused-ring (bicyclic) bond motifs is 3. The standard InChI is InChI=1S/C61H37N5/c62-38-40-27-29-43(30-28-40)49-19-6-8-22-55(49)60-64-59(46-14-2-1-3-15-46)65-61(66-60)56-23-9-7-21-53(56)54-26-12-24-50(57(54)39-63)48-18-10-17-47(37-48)41-31-33-44(34-32-41)52-25-11-16-45-36-35-42-13-4-5-20-51(42)58(45)52/h1-37H. The summed E-state index contributed by atoms with van der Waals surface area (Å²) < 4.78 is 0. The maximum absolute atomic E-state index is 11.0. The molecule has 0 unspecified atom stereocenters. The average molecular weight is 840 g/mol. The minimum absolute atomic E-state index is 0.487. The summed E-state index contributed by atoms with van der Waals surface area (Å²) in [6.45, 7) is 0. The largest absolute Gasteiger partial charge is 0.208 e. The van der Waals surface area contributed by atoms with Crippen LogP contribution in [0.4, 0.5) is 0 Å². The van der Waals surface area contributed by atoms with Crippen molar-refractivity contribution in [3.8, 4) is 102 Å². The van der Waals surface area contributed by atoms with E-state index < -0.39 is 0 Å². The first-order chi connectivity index (χ1) is 32.6. The highest BCUT2D eigenvalue weighted by atomic mass is 15.0. The molecule has 0 aliphatic heterocycles. The van der Waals surface area contributed by atoms with Crippen LogP contribution in [0.5, 0.6) is 0 Å². The van der Waals surface area contributed by atoms with Crippen molar-refractivity contribution in [1.29, 1.82) is 10.5 Å². The summed E-state index contributed by atoms with van der Waals surface area (Å²) in [7, 11) is 0. The van der Waals surface area contributed by atoms with Gasteiger partial charge < -0.3 is 0 Å². The lowest BCUT2D eigenvalue weighted by atomic mass is 9.89. The summed E-state index contributed by atoms with van der Waals surface area (Å²) in [5, 5.41) is 25.4. The highest BCUT2D eigenvalue weighted by Gasteiger charge is 2.20. The van der Waals surface area contributed by atoms with E-state index in [9.17, 15) is 10.5 Å². The van der Waals surface area contributed by atoms with Gasteiger partial charge in [0.25, 0.3) is 0 Å². The van der Waals surface area contributed by atoms with Crippen LogP contribution in [0.15, 0.2) is 224 Å². The second-order valence-corrected chi connectivity index (χ2v) is 16.1. The van der Waals surface area contributed by atoms with E-state index in [1.54, 1.807) is 0 Å². The van der Waals surface area contributed by atoms with Gasteiger partial charge in [0.1, 0.15) is 6.07 Å². The van der Waals surface area contributed by atoms with E-state index in [-0.39, 0.29) is 0 Å². The number of rotatable bonds is 8. The van der Waals surface area contributed by atoms with Gasteiger partial charge in [-0.25, -0.2) is 15.0 Å². The monoisotopic (exact) mass is 839 g/mol. The first-order valence-corrected chi connectivity index (χ1v) is 21.8. The van der Waals surface area contributed by atoms with E-state index >= 15 is 0 Å². The molecule has 0 radical (unpaired) electrons. The summed E-state index contributed by atoms with van der Waals surface area (Å²) >= 11 is 0. The van der Waals surface area contributed by atoms with Crippen LogP contribution < -0.4 is 0 Å². The fraction of sp³-hybridized carbons (Fsp3) is 0. The quantitative estimate of drug-likeness (QED) is 0.142. The number of hydrogen-bond donors (Lipinski definition) is 0. The van der Waals surface area contributed by atoms with Gasteiger partial charge in [-0.1, -0.05) is 206 Å². The molecule has 10 aromatic carbocycles. The third kappa shape index (κ3) is 7.33. The molecule has 0 saturated carbocycles. The SMILES string of the molecule is N#Cc1ccc(-c2ccccc2-c2nc(-c3ccccc3)nc(-c3ccccc3-c3cccc(-c4cccc(-c5ccc(-c6cccc7ccc8ccccc8c67)cc5)c4)c3C#N)n2)cc1. The van der Waals surface area contributed by atoms with Gasteiger partial charge in [0, 0.05) is 27.8 Å². The molecule has 0 spiro atoms. The Balaban J connectivity index is 0.985.